The molecule has 3 nitrogen and oxygen atoms in total. The molecule has 0 unspecified atom stereocenters. The Hall–Kier alpha value is -1.06. The Labute approximate surface area is 121 Å². The van der Waals surface area contributed by atoms with Crippen LogP contribution in [0.25, 0.3) is 0 Å². The molecule has 2 aliphatic rings. The van der Waals surface area contributed by atoms with Crippen molar-refractivity contribution in [2.45, 2.75) is 44.8 Å². The van der Waals surface area contributed by atoms with Crippen molar-refractivity contribution in [3.8, 4) is 5.75 Å². The molecule has 1 aromatic carbocycles. The zero-order chi connectivity index (χ0) is 14.2. The third-order valence-electron chi connectivity index (χ3n) is 4.56. The van der Waals surface area contributed by atoms with Crippen molar-refractivity contribution in [3.05, 3.63) is 29.8 Å². The van der Waals surface area contributed by atoms with E-state index in [1.165, 1.54) is 0 Å². The van der Waals surface area contributed by atoms with Crippen LogP contribution < -0.4 is 4.74 Å². The number of rotatable bonds is 2. The van der Waals surface area contributed by atoms with Crippen molar-refractivity contribution < 1.29 is 9.84 Å². The van der Waals surface area contributed by atoms with Crippen LogP contribution in [0.1, 0.15) is 44.8 Å². The van der Waals surface area contributed by atoms with Gasteiger partial charge in [-0.1, -0.05) is 32.0 Å². The number of fused-ring (bicyclic) bond motifs is 1. The van der Waals surface area contributed by atoms with Gasteiger partial charge in [0.2, 0.25) is 0 Å². The summed E-state index contributed by atoms with van der Waals surface area (Å²) in [4.78, 5) is 2.52. The van der Waals surface area contributed by atoms with Gasteiger partial charge in [-0.25, -0.2) is 0 Å². The number of aliphatic hydroxyl groups excluding tert-OH is 1. The fourth-order valence-electron chi connectivity index (χ4n) is 3.55. The maximum atomic E-state index is 10.4. The maximum absolute atomic E-state index is 10.4. The monoisotopic (exact) mass is 275 g/mol. The quantitative estimate of drug-likeness (QED) is 0.900. The molecule has 1 N–H and O–H groups in total. The summed E-state index contributed by atoms with van der Waals surface area (Å²) >= 11 is 0. The molecule has 1 aromatic rings. The van der Waals surface area contributed by atoms with Gasteiger partial charge < -0.3 is 14.7 Å². The Kier molecular flexibility index (Phi) is 3.74. The number of nitrogens with zero attached hydrogens (tertiary/aromatic N) is 1. The van der Waals surface area contributed by atoms with Crippen molar-refractivity contribution >= 4 is 0 Å². The van der Waals surface area contributed by atoms with Crippen LogP contribution in [0.5, 0.6) is 5.75 Å². The lowest BCUT2D eigenvalue weighted by Gasteiger charge is -2.46. The van der Waals surface area contributed by atoms with E-state index in [9.17, 15) is 5.11 Å². The van der Waals surface area contributed by atoms with E-state index >= 15 is 0 Å². The van der Waals surface area contributed by atoms with Gasteiger partial charge >= 0.3 is 0 Å². The van der Waals surface area contributed by atoms with Crippen LogP contribution in [-0.2, 0) is 0 Å². The molecule has 0 aliphatic carbocycles. The first-order valence-corrected chi connectivity index (χ1v) is 7.76. The molecule has 0 amide bonds. The minimum Gasteiger partial charge on any atom is -0.487 e. The van der Waals surface area contributed by atoms with Crippen molar-refractivity contribution in [1.82, 2.24) is 4.90 Å². The van der Waals surface area contributed by atoms with Gasteiger partial charge in [0.1, 0.15) is 11.4 Å². The first-order chi connectivity index (χ1) is 9.58. The number of hydrogen-bond donors (Lipinski definition) is 1. The third kappa shape index (κ3) is 2.70. The zero-order valence-electron chi connectivity index (χ0n) is 12.5. The molecule has 2 heterocycles. The van der Waals surface area contributed by atoms with Gasteiger partial charge in [0, 0.05) is 31.6 Å². The molecule has 1 spiro atoms. The van der Waals surface area contributed by atoms with Gasteiger partial charge in [0.15, 0.2) is 0 Å². The second-order valence-electron chi connectivity index (χ2n) is 6.74. The van der Waals surface area contributed by atoms with Crippen LogP contribution in [0.2, 0.25) is 0 Å². The highest BCUT2D eigenvalue weighted by Crippen LogP contribution is 2.44. The van der Waals surface area contributed by atoms with Gasteiger partial charge in [-0.2, -0.15) is 0 Å². The second kappa shape index (κ2) is 5.38. The van der Waals surface area contributed by atoms with Gasteiger partial charge in [-0.3, -0.25) is 0 Å². The summed E-state index contributed by atoms with van der Waals surface area (Å²) in [5.74, 6) is 1.59. The molecule has 1 atom stereocenters. The van der Waals surface area contributed by atoms with E-state index in [1.807, 2.05) is 24.3 Å². The number of benzene rings is 1. The molecule has 0 aromatic heterocycles. The highest BCUT2D eigenvalue weighted by Gasteiger charge is 2.42. The molecule has 3 rings (SSSR count). The minimum absolute atomic E-state index is 0.152. The summed E-state index contributed by atoms with van der Waals surface area (Å²) in [7, 11) is 0. The van der Waals surface area contributed by atoms with Crippen LogP contribution in [0.15, 0.2) is 24.3 Å². The Balaban J connectivity index is 1.71. The largest absolute Gasteiger partial charge is 0.487 e. The van der Waals surface area contributed by atoms with Crippen LogP contribution in [0.4, 0.5) is 0 Å². The maximum Gasteiger partial charge on any atom is 0.125 e. The lowest BCUT2D eigenvalue weighted by Crippen LogP contribution is -2.51. The summed E-state index contributed by atoms with van der Waals surface area (Å²) in [6.45, 7) is 7.85. The summed E-state index contributed by atoms with van der Waals surface area (Å²) in [6.07, 6.45) is 2.40. The summed E-state index contributed by atoms with van der Waals surface area (Å²) in [5.41, 5.74) is 0.795. The third-order valence-corrected chi connectivity index (χ3v) is 4.56. The van der Waals surface area contributed by atoms with E-state index in [1.54, 1.807) is 0 Å². The molecule has 0 bridgehead atoms. The zero-order valence-corrected chi connectivity index (χ0v) is 12.5. The Morgan fingerprint density at radius 3 is 2.70 bits per heavy atom. The molecule has 2 aliphatic heterocycles. The number of ether oxygens (including phenoxy) is 1. The van der Waals surface area contributed by atoms with Crippen molar-refractivity contribution in [3.63, 3.8) is 0 Å². The number of para-hydroxylation sites is 1. The number of hydrogen-bond acceptors (Lipinski definition) is 3. The smallest absolute Gasteiger partial charge is 0.125 e. The van der Waals surface area contributed by atoms with E-state index in [0.29, 0.717) is 5.92 Å². The lowest BCUT2D eigenvalue weighted by molar-refractivity contribution is -0.0551. The topological polar surface area (TPSA) is 32.7 Å². The lowest BCUT2D eigenvalue weighted by atomic mass is 9.81. The van der Waals surface area contributed by atoms with E-state index in [0.717, 1.165) is 50.2 Å². The number of likely N-dealkylation sites (tertiary alicyclic amines) is 1. The van der Waals surface area contributed by atoms with Crippen molar-refractivity contribution in [2.24, 2.45) is 5.92 Å². The van der Waals surface area contributed by atoms with Crippen molar-refractivity contribution in [2.75, 3.05) is 19.6 Å². The van der Waals surface area contributed by atoms with Gasteiger partial charge in [0.05, 0.1) is 6.10 Å². The minimum atomic E-state index is -0.378. The fraction of sp³-hybridized carbons (Fsp3) is 0.647. The molecular formula is C17H25NO2. The van der Waals surface area contributed by atoms with Crippen LogP contribution in [0.3, 0.4) is 0 Å². The van der Waals surface area contributed by atoms with Crippen molar-refractivity contribution in [1.29, 1.82) is 0 Å². The highest BCUT2D eigenvalue weighted by atomic mass is 16.5. The molecular weight excluding hydrogens is 250 g/mol. The Bertz CT molecular complexity index is 464. The van der Waals surface area contributed by atoms with E-state index in [-0.39, 0.29) is 11.7 Å². The van der Waals surface area contributed by atoms with E-state index in [4.69, 9.17) is 4.74 Å². The first kappa shape index (κ1) is 13.9. The van der Waals surface area contributed by atoms with Crippen LogP contribution in [-0.4, -0.2) is 35.2 Å². The Morgan fingerprint density at radius 2 is 2.00 bits per heavy atom. The van der Waals surface area contributed by atoms with E-state index < -0.39 is 0 Å². The first-order valence-electron chi connectivity index (χ1n) is 7.76. The molecule has 1 saturated heterocycles. The summed E-state index contributed by atoms with van der Waals surface area (Å²) in [5, 5.41) is 10.4. The van der Waals surface area contributed by atoms with Crippen LogP contribution >= 0.6 is 0 Å². The predicted octanol–water partition coefficient (Wildman–Crippen LogP) is 2.99. The average Bonchev–Trinajstić information content (AvgIpc) is 2.41. The molecule has 110 valence electrons. The molecule has 0 saturated carbocycles. The normalized spacial score (nSPS) is 25.5. The number of piperidine rings is 1. The molecule has 1 fully saturated rings. The standard InChI is InChI=1S/C17H25NO2/c1-13(2)12-18-9-7-17(8-10-18)11-15(19)14-5-3-4-6-16(14)20-17/h3-6,13,15,19H,7-12H2,1-2H3/t15-/m1/s1. The highest BCUT2D eigenvalue weighted by molar-refractivity contribution is 5.38. The van der Waals surface area contributed by atoms with Gasteiger partial charge in [-0.05, 0) is 24.8 Å². The van der Waals surface area contributed by atoms with E-state index in [2.05, 4.69) is 18.7 Å². The van der Waals surface area contributed by atoms with Gasteiger partial charge in [-0.15, -0.1) is 0 Å². The second-order valence-corrected chi connectivity index (χ2v) is 6.74. The molecule has 20 heavy (non-hydrogen) atoms. The average molecular weight is 275 g/mol. The summed E-state index contributed by atoms with van der Waals surface area (Å²) < 4.78 is 6.30. The molecule has 0 radical (unpaired) electrons. The van der Waals surface area contributed by atoms with Crippen LogP contribution in [0, 0.1) is 5.92 Å². The SMILES string of the molecule is CC(C)CN1CCC2(CC1)C[C@@H](O)c1ccccc1O2. The fourth-order valence-corrected chi connectivity index (χ4v) is 3.55. The number of aliphatic hydroxyl groups is 1. The van der Waals surface area contributed by atoms with Gasteiger partial charge in [0.25, 0.3) is 0 Å². The molecule has 3 heteroatoms. The Morgan fingerprint density at radius 1 is 1.30 bits per heavy atom. The summed E-state index contributed by atoms with van der Waals surface area (Å²) in [6, 6.07) is 7.91. The predicted molar refractivity (Wildman–Crippen MR) is 79.9 cm³/mol.